The van der Waals surface area contributed by atoms with Crippen LogP contribution in [0.25, 0.3) is 33.5 Å². The van der Waals surface area contributed by atoms with Gasteiger partial charge in [-0.3, -0.25) is 14.9 Å². The van der Waals surface area contributed by atoms with Crippen molar-refractivity contribution in [1.82, 2.24) is 25.1 Å². The van der Waals surface area contributed by atoms with E-state index in [0.29, 0.717) is 5.92 Å². The van der Waals surface area contributed by atoms with E-state index in [9.17, 15) is 4.79 Å². The number of amides is 1. The third kappa shape index (κ3) is 3.58. The summed E-state index contributed by atoms with van der Waals surface area (Å²) in [6.45, 7) is 5.39. The number of carbonyl (C=O) groups is 1. The minimum absolute atomic E-state index is 0.162. The Morgan fingerprint density at radius 3 is 2.71 bits per heavy atom. The van der Waals surface area contributed by atoms with Crippen molar-refractivity contribution in [1.29, 1.82) is 0 Å². The van der Waals surface area contributed by atoms with Crippen LogP contribution >= 0.6 is 0 Å². The smallest absolute Gasteiger partial charge is 0.219 e. The summed E-state index contributed by atoms with van der Waals surface area (Å²) in [5, 5.41) is 7.79. The van der Waals surface area contributed by atoms with Crippen LogP contribution in [0.4, 0.5) is 0 Å². The number of aryl methyl sites for hydroxylation is 2. The van der Waals surface area contributed by atoms with E-state index >= 15 is 0 Å². The van der Waals surface area contributed by atoms with Crippen molar-refractivity contribution < 1.29 is 4.79 Å². The number of likely N-dealkylation sites (tertiary alicyclic amines) is 1. The van der Waals surface area contributed by atoms with Gasteiger partial charge in [0.1, 0.15) is 11.2 Å². The monoisotopic (exact) mass is 451 g/mol. The van der Waals surface area contributed by atoms with Crippen LogP contribution in [-0.2, 0) is 17.6 Å². The molecule has 0 unspecified atom stereocenters. The first-order valence-corrected chi connectivity index (χ1v) is 12.3. The van der Waals surface area contributed by atoms with Crippen molar-refractivity contribution in [2.24, 2.45) is 0 Å². The third-order valence-electron chi connectivity index (χ3n) is 7.54. The summed E-state index contributed by atoms with van der Waals surface area (Å²) in [5.74, 6) is 0.558. The van der Waals surface area contributed by atoms with E-state index in [1.165, 1.54) is 23.1 Å². The molecule has 0 saturated carbocycles. The van der Waals surface area contributed by atoms with E-state index in [1.54, 1.807) is 6.92 Å². The summed E-state index contributed by atoms with van der Waals surface area (Å²) in [7, 11) is 0. The van der Waals surface area contributed by atoms with Gasteiger partial charge in [-0.15, -0.1) is 0 Å². The zero-order chi connectivity index (χ0) is 23.2. The molecule has 4 heterocycles. The van der Waals surface area contributed by atoms with Crippen LogP contribution in [0.1, 0.15) is 54.5 Å². The fourth-order valence-corrected chi connectivity index (χ4v) is 5.64. The topological polar surface area (TPSA) is 74.8 Å². The van der Waals surface area contributed by atoms with E-state index in [1.807, 2.05) is 11.1 Å². The van der Waals surface area contributed by atoms with Crippen molar-refractivity contribution in [2.75, 3.05) is 13.1 Å². The number of rotatable bonds is 3. The predicted molar refractivity (Wildman–Crippen MR) is 134 cm³/mol. The first kappa shape index (κ1) is 21.0. The van der Waals surface area contributed by atoms with Gasteiger partial charge in [0.2, 0.25) is 5.91 Å². The molecule has 0 spiro atoms. The molecular formula is C28H29N5O. The maximum atomic E-state index is 11.6. The standard InChI is InChI=1S/C28H29N5O/c1-17-15-25-28(30-26(17)23-8-4-6-19-5-3-7-22(19)23)27(32-31-25)21-9-10-24(29-16-21)20-11-13-33(14-12-20)18(2)34/h4,6,8-10,15-16,20H,3,5,7,11-14H2,1-2H3,(H,31,32). The normalized spacial score (nSPS) is 16.2. The van der Waals surface area contributed by atoms with Crippen molar-refractivity contribution in [3.63, 3.8) is 0 Å². The lowest BCUT2D eigenvalue weighted by Gasteiger charge is -2.31. The molecule has 6 heteroatoms. The molecule has 3 aromatic heterocycles. The highest BCUT2D eigenvalue weighted by atomic mass is 16.2. The van der Waals surface area contributed by atoms with E-state index in [0.717, 1.165) is 78.0 Å². The molecule has 34 heavy (non-hydrogen) atoms. The van der Waals surface area contributed by atoms with E-state index in [4.69, 9.17) is 9.97 Å². The van der Waals surface area contributed by atoms with Gasteiger partial charge in [-0.05, 0) is 73.9 Å². The van der Waals surface area contributed by atoms with E-state index in [2.05, 4.69) is 53.5 Å². The molecule has 2 aliphatic rings. The van der Waals surface area contributed by atoms with Gasteiger partial charge in [-0.1, -0.05) is 18.2 Å². The van der Waals surface area contributed by atoms with Crippen LogP contribution in [0.15, 0.2) is 42.6 Å². The molecule has 6 nitrogen and oxygen atoms in total. The Morgan fingerprint density at radius 1 is 1.09 bits per heavy atom. The quantitative estimate of drug-likeness (QED) is 0.464. The molecule has 1 aliphatic carbocycles. The van der Waals surface area contributed by atoms with Crippen LogP contribution in [0.2, 0.25) is 0 Å². The Kier molecular flexibility index (Phi) is 5.16. The second-order valence-electron chi connectivity index (χ2n) is 9.67. The highest BCUT2D eigenvalue weighted by Crippen LogP contribution is 2.36. The third-order valence-corrected chi connectivity index (χ3v) is 7.54. The first-order valence-electron chi connectivity index (χ1n) is 12.3. The van der Waals surface area contributed by atoms with Crippen LogP contribution < -0.4 is 0 Å². The van der Waals surface area contributed by atoms with Gasteiger partial charge in [0.25, 0.3) is 0 Å². The van der Waals surface area contributed by atoms with Gasteiger partial charge in [-0.25, -0.2) is 4.98 Å². The van der Waals surface area contributed by atoms with Gasteiger partial charge in [0, 0.05) is 48.9 Å². The number of aromatic nitrogens is 4. The minimum atomic E-state index is 0.162. The largest absolute Gasteiger partial charge is 0.343 e. The Morgan fingerprint density at radius 2 is 1.94 bits per heavy atom. The average Bonchev–Trinajstić information content (AvgIpc) is 3.50. The molecule has 4 aromatic rings. The lowest BCUT2D eigenvalue weighted by Crippen LogP contribution is -2.36. The van der Waals surface area contributed by atoms with Crippen LogP contribution in [0.3, 0.4) is 0 Å². The summed E-state index contributed by atoms with van der Waals surface area (Å²) >= 11 is 0. The Balaban J connectivity index is 1.33. The number of benzene rings is 1. The molecule has 172 valence electrons. The molecule has 0 radical (unpaired) electrons. The fraction of sp³-hybridized carbons (Fsp3) is 0.357. The number of piperidine rings is 1. The molecule has 1 N–H and O–H groups in total. The summed E-state index contributed by atoms with van der Waals surface area (Å²) in [5.41, 5.74) is 11.1. The number of fused-ring (bicyclic) bond motifs is 2. The maximum absolute atomic E-state index is 11.6. The van der Waals surface area contributed by atoms with Crippen LogP contribution in [0.5, 0.6) is 0 Å². The van der Waals surface area contributed by atoms with Gasteiger partial charge in [0.05, 0.1) is 11.2 Å². The van der Waals surface area contributed by atoms with Gasteiger partial charge in [-0.2, -0.15) is 5.10 Å². The van der Waals surface area contributed by atoms with Crippen LogP contribution in [-0.4, -0.2) is 44.1 Å². The molecular weight excluding hydrogens is 422 g/mol. The highest BCUT2D eigenvalue weighted by Gasteiger charge is 2.23. The second kappa shape index (κ2) is 8.35. The molecule has 0 bridgehead atoms. The van der Waals surface area contributed by atoms with Crippen LogP contribution in [0, 0.1) is 6.92 Å². The predicted octanol–water partition coefficient (Wildman–Crippen LogP) is 5.21. The number of hydrogen-bond donors (Lipinski definition) is 1. The van der Waals surface area contributed by atoms with E-state index < -0.39 is 0 Å². The number of H-pyrrole nitrogens is 1. The van der Waals surface area contributed by atoms with Gasteiger partial charge in [0.15, 0.2) is 0 Å². The van der Waals surface area contributed by atoms with Crippen molar-refractivity contribution >= 4 is 16.9 Å². The lowest BCUT2D eigenvalue weighted by atomic mass is 9.92. The van der Waals surface area contributed by atoms with Crippen molar-refractivity contribution in [2.45, 2.75) is 51.9 Å². The molecule has 1 fully saturated rings. The SMILES string of the molecule is CC(=O)N1CCC(c2ccc(-c3n[nH]c4cc(C)c(-c5cccc6c5CCC6)nc34)cn2)CC1. The number of aromatic amines is 1. The Labute approximate surface area is 199 Å². The molecule has 1 amide bonds. The lowest BCUT2D eigenvalue weighted by molar-refractivity contribution is -0.129. The summed E-state index contributed by atoms with van der Waals surface area (Å²) in [6.07, 6.45) is 7.35. The number of carbonyl (C=O) groups excluding carboxylic acids is 1. The Bertz CT molecular complexity index is 1380. The second-order valence-corrected chi connectivity index (χ2v) is 9.67. The molecule has 1 aromatic carbocycles. The minimum Gasteiger partial charge on any atom is -0.343 e. The number of pyridine rings is 2. The number of nitrogens with zero attached hydrogens (tertiary/aromatic N) is 4. The van der Waals surface area contributed by atoms with Gasteiger partial charge >= 0.3 is 0 Å². The fourth-order valence-electron chi connectivity index (χ4n) is 5.64. The van der Waals surface area contributed by atoms with Gasteiger partial charge < -0.3 is 4.90 Å². The molecule has 1 aliphatic heterocycles. The Hall–Kier alpha value is -3.54. The molecule has 6 rings (SSSR count). The highest BCUT2D eigenvalue weighted by molar-refractivity contribution is 5.92. The molecule has 1 saturated heterocycles. The average molecular weight is 452 g/mol. The zero-order valence-electron chi connectivity index (χ0n) is 19.8. The summed E-state index contributed by atoms with van der Waals surface area (Å²) in [4.78, 5) is 23.5. The first-order chi connectivity index (χ1) is 16.6. The zero-order valence-corrected chi connectivity index (χ0v) is 19.8. The van der Waals surface area contributed by atoms with Crippen molar-refractivity contribution in [3.8, 4) is 22.5 Å². The summed E-state index contributed by atoms with van der Waals surface area (Å²) in [6, 6.07) is 13.0. The number of nitrogens with one attached hydrogen (secondary N) is 1. The number of hydrogen-bond acceptors (Lipinski definition) is 4. The molecule has 0 atom stereocenters. The van der Waals surface area contributed by atoms with Crippen molar-refractivity contribution in [3.05, 3.63) is 65.0 Å². The maximum Gasteiger partial charge on any atom is 0.219 e. The summed E-state index contributed by atoms with van der Waals surface area (Å²) < 4.78 is 0. The van der Waals surface area contributed by atoms with E-state index in [-0.39, 0.29) is 5.91 Å².